The first-order chi connectivity index (χ1) is 9.48. The molecular weight excluding hydrogens is 282 g/mol. The summed E-state index contributed by atoms with van der Waals surface area (Å²) < 4.78 is 31.4. The normalized spacial score (nSPS) is 22.6. The van der Waals surface area contributed by atoms with E-state index in [-0.39, 0.29) is 18.2 Å². The Morgan fingerprint density at radius 3 is 2.45 bits per heavy atom. The van der Waals surface area contributed by atoms with Crippen molar-refractivity contribution < 1.29 is 23.1 Å². The lowest BCUT2D eigenvalue weighted by molar-refractivity contribution is -0.144. The van der Waals surface area contributed by atoms with Crippen molar-refractivity contribution in [2.24, 2.45) is 17.8 Å². The molecular formula is C13H23NO5S. The molecule has 0 bridgehead atoms. The van der Waals surface area contributed by atoms with Gasteiger partial charge in [0.05, 0.1) is 11.7 Å². The van der Waals surface area contributed by atoms with Gasteiger partial charge >= 0.3 is 5.97 Å². The molecule has 116 valence electrons. The van der Waals surface area contributed by atoms with Crippen molar-refractivity contribution in [1.82, 2.24) is 4.72 Å². The maximum absolute atomic E-state index is 11.8. The molecule has 0 radical (unpaired) electrons. The zero-order valence-electron chi connectivity index (χ0n) is 11.6. The van der Waals surface area contributed by atoms with Crippen molar-refractivity contribution in [2.75, 3.05) is 25.5 Å². The van der Waals surface area contributed by atoms with Gasteiger partial charge in [-0.05, 0) is 31.1 Å². The van der Waals surface area contributed by atoms with Crippen LogP contribution in [0.5, 0.6) is 0 Å². The van der Waals surface area contributed by atoms with E-state index in [0.29, 0.717) is 38.4 Å². The molecule has 6 nitrogen and oxygen atoms in total. The third-order valence-corrected chi connectivity index (χ3v) is 5.55. The lowest BCUT2D eigenvalue weighted by Gasteiger charge is -2.27. The number of aliphatic carboxylic acids is 1. The Bertz CT molecular complexity index is 426. The molecule has 0 spiro atoms. The number of ether oxygens (including phenoxy) is 1. The minimum atomic E-state index is -3.35. The van der Waals surface area contributed by atoms with Gasteiger partial charge in [-0.3, -0.25) is 4.79 Å². The lowest BCUT2D eigenvalue weighted by Crippen LogP contribution is -2.39. The highest BCUT2D eigenvalue weighted by atomic mass is 32.2. The highest BCUT2D eigenvalue weighted by Gasteiger charge is 2.31. The number of carbonyl (C=O) groups is 1. The molecule has 0 aromatic carbocycles. The fourth-order valence-electron chi connectivity index (χ4n) is 2.59. The molecule has 1 atom stereocenters. The van der Waals surface area contributed by atoms with E-state index in [1.54, 1.807) is 0 Å². The van der Waals surface area contributed by atoms with Gasteiger partial charge in [0, 0.05) is 19.8 Å². The van der Waals surface area contributed by atoms with Crippen LogP contribution in [0.15, 0.2) is 0 Å². The van der Waals surface area contributed by atoms with Gasteiger partial charge in [-0.15, -0.1) is 0 Å². The molecule has 1 aliphatic heterocycles. The summed E-state index contributed by atoms with van der Waals surface area (Å²) in [5, 5.41) is 9.27. The smallest absolute Gasteiger partial charge is 0.308 e. The van der Waals surface area contributed by atoms with Crippen LogP contribution >= 0.6 is 0 Å². The van der Waals surface area contributed by atoms with Crippen LogP contribution in [-0.2, 0) is 19.6 Å². The van der Waals surface area contributed by atoms with Gasteiger partial charge in [-0.25, -0.2) is 13.1 Å². The van der Waals surface area contributed by atoms with Crippen LogP contribution in [0.3, 0.4) is 0 Å². The zero-order valence-corrected chi connectivity index (χ0v) is 12.4. The van der Waals surface area contributed by atoms with E-state index in [1.165, 1.54) is 0 Å². The van der Waals surface area contributed by atoms with Crippen LogP contribution in [0, 0.1) is 17.8 Å². The minimum absolute atomic E-state index is 0.00694. The summed E-state index contributed by atoms with van der Waals surface area (Å²) in [6.45, 7) is 1.11. The maximum atomic E-state index is 11.8. The Morgan fingerprint density at radius 2 is 1.90 bits per heavy atom. The maximum Gasteiger partial charge on any atom is 0.308 e. The molecule has 2 N–H and O–H groups in total. The quantitative estimate of drug-likeness (QED) is 0.693. The summed E-state index contributed by atoms with van der Waals surface area (Å²) >= 11 is 0. The Balaban J connectivity index is 1.82. The van der Waals surface area contributed by atoms with Crippen LogP contribution < -0.4 is 4.72 Å². The van der Waals surface area contributed by atoms with Crippen molar-refractivity contribution in [1.29, 1.82) is 0 Å². The highest BCUT2D eigenvalue weighted by Crippen LogP contribution is 2.32. The van der Waals surface area contributed by atoms with Gasteiger partial charge in [0.2, 0.25) is 10.0 Å². The number of carboxylic acids is 1. The van der Waals surface area contributed by atoms with Crippen molar-refractivity contribution in [3.63, 3.8) is 0 Å². The number of nitrogens with one attached hydrogen (secondary N) is 1. The molecule has 0 aromatic rings. The van der Waals surface area contributed by atoms with Gasteiger partial charge in [-0.2, -0.15) is 0 Å². The molecule has 0 aromatic heterocycles. The van der Waals surface area contributed by atoms with Crippen LogP contribution in [0.4, 0.5) is 0 Å². The first-order valence-corrected chi connectivity index (χ1v) is 8.91. The van der Waals surface area contributed by atoms with E-state index in [2.05, 4.69) is 4.72 Å². The van der Waals surface area contributed by atoms with E-state index < -0.39 is 21.9 Å². The predicted octanol–water partition coefficient (Wildman–Crippen LogP) is 0.833. The van der Waals surface area contributed by atoms with Crippen molar-refractivity contribution in [3.05, 3.63) is 0 Å². The number of carboxylic acid groups (broad SMARTS) is 1. The summed E-state index contributed by atoms with van der Waals surface area (Å²) in [5.41, 5.74) is 0. The molecule has 2 fully saturated rings. The summed E-state index contributed by atoms with van der Waals surface area (Å²) in [5.74, 6) is -0.932. The van der Waals surface area contributed by atoms with E-state index in [0.717, 1.165) is 12.8 Å². The molecule has 2 aliphatic rings. The van der Waals surface area contributed by atoms with Gasteiger partial charge < -0.3 is 9.84 Å². The number of hydrogen-bond donors (Lipinski definition) is 2. The Morgan fingerprint density at radius 1 is 1.25 bits per heavy atom. The monoisotopic (exact) mass is 305 g/mol. The molecule has 2 rings (SSSR count). The molecule has 1 aliphatic carbocycles. The van der Waals surface area contributed by atoms with Gasteiger partial charge in [-0.1, -0.05) is 12.8 Å². The second-order valence-corrected chi connectivity index (χ2v) is 7.72. The summed E-state index contributed by atoms with van der Waals surface area (Å²) in [4.78, 5) is 11.3. The van der Waals surface area contributed by atoms with E-state index in [4.69, 9.17) is 4.74 Å². The minimum Gasteiger partial charge on any atom is -0.481 e. The topological polar surface area (TPSA) is 92.7 Å². The Hall–Kier alpha value is -0.660. The fourth-order valence-corrected chi connectivity index (χ4v) is 3.81. The average Bonchev–Trinajstić information content (AvgIpc) is 3.21. The van der Waals surface area contributed by atoms with Crippen molar-refractivity contribution >= 4 is 16.0 Å². The largest absolute Gasteiger partial charge is 0.481 e. The molecule has 1 unspecified atom stereocenters. The first-order valence-electron chi connectivity index (χ1n) is 7.26. The number of rotatable bonds is 8. The van der Waals surface area contributed by atoms with Gasteiger partial charge in [0.15, 0.2) is 0 Å². The second-order valence-electron chi connectivity index (χ2n) is 5.79. The SMILES string of the molecule is O=C(O)C(CNS(=O)(=O)CCC1CC1)C1CCOCC1. The second kappa shape index (κ2) is 6.87. The molecule has 1 saturated heterocycles. The Labute approximate surface area is 119 Å². The van der Waals surface area contributed by atoms with Gasteiger partial charge in [0.25, 0.3) is 0 Å². The number of hydrogen-bond acceptors (Lipinski definition) is 4. The fraction of sp³-hybridized carbons (Fsp3) is 0.923. The first kappa shape index (κ1) is 15.7. The molecule has 1 saturated carbocycles. The van der Waals surface area contributed by atoms with Crippen molar-refractivity contribution in [3.8, 4) is 0 Å². The third kappa shape index (κ3) is 5.03. The van der Waals surface area contributed by atoms with E-state index >= 15 is 0 Å². The summed E-state index contributed by atoms with van der Waals surface area (Å²) in [6.07, 6.45) is 4.29. The number of sulfonamides is 1. The van der Waals surface area contributed by atoms with Crippen LogP contribution in [0.25, 0.3) is 0 Å². The van der Waals surface area contributed by atoms with E-state index in [9.17, 15) is 18.3 Å². The highest BCUT2D eigenvalue weighted by molar-refractivity contribution is 7.89. The van der Waals surface area contributed by atoms with Crippen LogP contribution in [-0.4, -0.2) is 45.0 Å². The standard InChI is InChI=1S/C13H23NO5S/c15-13(16)12(11-3-6-19-7-4-11)9-14-20(17,18)8-5-10-1-2-10/h10-12,14H,1-9H2,(H,15,16). The van der Waals surface area contributed by atoms with Crippen LogP contribution in [0.2, 0.25) is 0 Å². The molecule has 7 heteroatoms. The third-order valence-electron chi connectivity index (χ3n) is 4.17. The zero-order chi connectivity index (χ0) is 14.6. The van der Waals surface area contributed by atoms with Crippen molar-refractivity contribution in [2.45, 2.75) is 32.1 Å². The Kier molecular flexibility index (Phi) is 5.40. The molecule has 20 heavy (non-hydrogen) atoms. The molecule has 0 amide bonds. The van der Waals surface area contributed by atoms with E-state index in [1.807, 2.05) is 0 Å². The van der Waals surface area contributed by atoms with Gasteiger partial charge in [0.1, 0.15) is 0 Å². The average molecular weight is 305 g/mol. The summed E-state index contributed by atoms with van der Waals surface area (Å²) in [7, 11) is -3.35. The lowest BCUT2D eigenvalue weighted by atomic mass is 9.86. The molecule has 1 heterocycles. The summed E-state index contributed by atoms with van der Waals surface area (Å²) in [6, 6.07) is 0. The van der Waals surface area contributed by atoms with Crippen LogP contribution in [0.1, 0.15) is 32.1 Å². The predicted molar refractivity (Wildman–Crippen MR) is 73.8 cm³/mol.